The van der Waals surface area contributed by atoms with Gasteiger partial charge in [-0.15, -0.1) is 0 Å². The van der Waals surface area contributed by atoms with Crippen molar-refractivity contribution in [1.82, 2.24) is 0 Å². The van der Waals surface area contributed by atoms with E-state index >= 15 is 0 Å². The maximum atomic E-state index is 6.04. The quantitative estimate of drug-likeness (QED) is 0.641. The Balaban J connectivity index is 1.95. The van der Waals surface area contributed by atoms with Gasteiger partial charge in [0, 0.05) is 18.8 Å². The van der Waals surface area contributed by atoms with Gasteiger partial charge in [0.05, 0.1) is 0 Å². The van der Waals surface area contributed by atoms with Gasteiger partial charge in [0.25, 0.3) is 0 Å². The molecule has 1 aliphatic rings. The third kappa shape index (κ3) is 3.11. The van der Waals surface area contributed by atoms with E-state index in [0.717, 1.165) is 19.6 Å². The Labute approximate surface area is 75.5 Å². The summed E-state index contributed by atoms with van der Waals surface area (Å²) >= 11 is 0. The Bertz CT molecular complexity index is 130. The molecule has 0 aromatic heterocycles. The highest BCUT2D eigenvalue weighted by atomic mass is 16.5. The van der Waals surface area contributed by atoms with Crippen LogP contribution in [0.1, 0.15) is 39.5 Å². The van der Waals surface area contributed by atoms with Crippen LogP contribution in [0, 0.1) is 5.92 Å². The molecule has 2 nitrogen and oxygen atoms in total. The largest absolute Gasteiger partial charge is 0.381 e. The summed E-state index contributed by atoms with van der Waals surface area (Å²) in [6.45, 7) is 6.05. The topological polar surface area (TPSA) is 35.2 Å². The molecule has 0 aromatic rings. The lowest BCUT2D eigenvalue weighted by molar-refractivity contribution is 0.0779. The van der Waals surface area contributed by atoms with Gasteiger partial charge in [-0.1, -0.05) is 13.8 Å². The van der Waals surface area contributed by atoms with E-state index in [9.17, 15) is 0 Å². The van der Waals surface area contributed by atoms with Crippen LogP contribution >= 0.6 is 0 Å². The molecule has 72 valence electrons. The summed E-state index contributed by atoms with van der Waals surface area (Å²) < 4.78 is 5.49. The predicted molar refractivity (Wildman–Crippen MR) is 51.0 cm³/mol. The molecule has 2 heteroatoms. The van der Waals surface area contributed by atoms with Crippen LogP contribution < -0.4 is 5.73 Å². The van der Waals surface area contributed by atoms with Crippen LogP contribution in [0.15, 0.2) is 0 Å². The number of hydrogen-bond acceptors (Lipinski definition) is 2. The molecule has 1 aliphatic carbocycles. The third-order valence-corrected chi connectivity index (χ3v) is 2.54. The van der Waals surface area contributed by atoms with Crippen LogP contribution in [-0.2, 0) is 4.74 Å². The standard InChI is InChI=1S/C10H21NO/c1-9(2)8-12-7-6-10(11)4-3-5-10/h9H,3-8,11H2,1-2H3. The lowest BCUT2D eigenvalue weighted by Crippen LogP contribution is -2.47. The Kier molecular flexibility index (Phi) is 3.53. The average Bonchev–Trinajstić information content (AvgIpc) is 1.94. The van der Waals surface area contributed by atoms with Gasteiger partial charge in [-0.25, -0.2) is 0 Å². The Hall–Kier alpha value is -0.0800. The van der Waals surface area contributed by atoms with Crippen LogP contribution in [0.25, 0.3) is 0 Å². The molecule has 0 amide bonds. The van der Waals surface area contributed by atoms with Crippen LogP contribution in [0.3, 0.4) is 0 Å². The zero-order valence-electron chi connectivity index (χ0n) is 8.31. The number of ether oxygens (including phenoxy) is 1. The van der Waals surface area contributed by atoms with E-state index in [1.807, 2.05) is 0 Å². The molecule has 12 heavy (non-hydrogen) atoms. The molecule has 1 saturated carbocycles. The van der Waals surface area contributed by atoms with Gasteiger partial charge in [-0.2, -0.15) is 0 Å². The summed E-state index contributed by atoms with van der Waals surface area (Å²) in [6.07, 6.45) is 4.73. The van der Waals surface area contributed by atoms with Crippen molar-refractivity contribution in [1.29, 1.82) is 0 Å². The van der Waals surface area contributed by atoms with Crippen molar-refractivity contribution in [2.45, 2.75) is 45.1 Å². The number of nitrogens with two attached hydrogens (primary N) is 1. The molecular weight excluding hydrogens is 150 g/mol. The van der Waals surface area contributed by atoms with Crippen molar-refractivity contribution >= 4 is 0 Å². The van der Waals surface area contributed by atoms with Crippen molar-refractivity contribution < 1.29 is 4.74 Å². The zero-order valence-corrected chi connectivity index (χ0v) is 8.31. The van der Waals surface area contributed by atoms with E-state index in [-0.39, 0.29) is 5.54 Å². The first kappa shape index (κ1) is 10.0. The summed E-state index contributed by atoms with van der Waals surface area (Å²) in [5, 5.41) is 0. The van der Waals surface area contributed by atoms with Gasteiger partial charge in [0.2, 0.25) is 0 Å². The maximum absolute atomic E-state index is 6.04. The number of hydrogen-bond donors (Lipinski definition) is 1. The van der Waals surface area contributed by atoms with E-state index < -0.39 is 0 Å². The summed E-state index contributed by atoms with van der Waals surface area (Å²) in [4.78, 5) is 0. The van der Waals surface area contributed by atoms with E-state index in [1.54, 1.807) is 0 Å². The molecule has 0 aliphatic heterocycles. The smallest absolute Gasteiger partial charge is 0.0489 e. The minimum atomic E-state index is 0.136. The Morgan fingerprint density at radius 2 is 2.08 bits per heavy atom. The molecule has 0 aromatic carbocycles. The van der Waals surface area contributed by atoms with Gasteiger partial charge in [0.15, 0.2) is 0 Å². The zero-order chi connectivity index (χ0) is 9.03. The van der Waals surface area contributed by atoms with E-state index in [0.29, 0.717) is 5.92 Å². The van der Waals surface area contributed by atoms with Gasteiger partial charge in [0.1, 0.15) is 0 Å². The summed E-state index contributed by atoms with van der Waals surface area (Å²) in [5.74, 6) is 0.639. The molecule has 0 atom stereocenters. The lowest BCUT2D eigenvalue weighted by Gasteiger charge is -2.38. The normalized spacial score (nSPS) is 21.0. The summed E-state index contributed by atoms with van der Waals surface area (Å²) in [6, 6.07) is 0. The van der Waals surface area contributed by atoms with Crippen molar-refractivity contribution in [3.8, 4) is 0 Å². The molecule has 0 bridgehead atoms. The van der Waals surface area contributed by atoms with Crippen LogP contribution in [-0.4, -0.2) is 18.8 Å². The first-order valence-electron chi connectivity index (χ1n) is 4.99. The van der Waals surface area contributed by atoms with E-state index in [1.165, 1.54) is 19.3 Å². The average molecular weight is 171 g/mol. The SMILES string of the molecule is CC(C)COCCC1(N)CCC1. The van der Waals surface area contributed by atoms with Gasteiger partial charge in [-0.3, -0.25) is 0 Å². The van der Waals surface area contributed by atoms with Crippen molar-refractivity contribution in [3.63, 3.8) is 0 Å². The molecule has 0 radical (unpaired) electrons. The molecule has 2 N–H and O–H groups in total. The number of rotatable bonds is 5. The molecule has 1 fully saturated rings. The Morgan fingerprint density at radius 1 is 1.42 bits per heavy atom. The highest BCUT2D eigenvalue weighted by Gasteiger charge is 2.31. The second-order valence-corrected chi connectivity index (χ2v) is 4.43. The van der Waals surface area contributed by atoms with Gasteiger partial charge < -0.3 is 10.5 Å². The van der Waals surface area contributed by atoms with Crippen molar-refractivity contribution in [2.24, 2.45) is 11.7 Å². The molecule has 0 saturated heterocycles. The fourth-order valence-electron chi connectivity index (χ4n) is 1.48. The summed E-state index contributed by atoms with van der Waals surface area (Å²) in [7, 11) is 0. The second kappa shape index (κ2) is 4.24. The monoisotopic (exact) mass is 171 g/mol. The lowest BCUT2D eigenvalue weighted by atomic mass is 9.76. The van der Waals surface area contributed by atoms with Crippen LogP contribution in [0.5, 0.6) is 0 Å². The molecule has 0 heterocycles. The van der Waals surface area contributed by atoms with Crippen LogP contribution in [0.4, 0.5) is 0 Å². The van der Waals surface area contributed by atoms with E-state index in [4.69, 9.17) is 10.5 Å². The van der Waals surface area contributed by atoms with Gasteiger partial charge in [-0.05, 0) is 31.6 Å². The first-order chi connectivity index (χ1) is 5.62. The fraction of sp³-hybridized carbons (Fsp3) is 1.00. The predicted octanol–water partition coefficient (Wildman–Crippen LogP) is 1.93. The first-order valence-corrected chi connectivity index (χ1v) is 4.99. The van der Waals surface area contributed by atoms with E-state index in [2.05, 4.69) is 13.8 Å². The highest BCUT2D eigenvalue weighted by Crippen LogP contribution is 2.31. The highest BCUT2D eigenvalue weighted by molar-refractivity contribution is 4.92. The minimum absolute atomic E-state index is 0.136. The molecule has 1 rings (SSSR count). The minimum Gasteiger partial charge on any atom is -0.381 e. The van der Waals surface area contributed by atoms with Crippen molar-refractivity contribution in [2.75, 3.05) is 13.2 Å². The molecular formula is C10H21NO. The van der Waals surface area contributed by atoms with Gasteiger partial charge >= 0.3 is 0 Å². The molecule has 0 unspecified atom stereocenters. The molecule has 0 spiro atoms. The van der Waals surface area contributed by atoms with Crippen LogP contribution in [0.2, 0.25) is 0 Å². The maximum Gasteiger partial charge on any atom is 0.0489 e. The summed E-state index contributed by atoms with van der Waals surface area (Å²) in [5.41, 5.74) is 6.18. The van der Waals surface area contributed by atoms with Crippen molar-refractivity contribution in [3.05, 3.63) is 0 Å². The fourth-order valence-corrected chi connectivity index (χ4v) is 1.48. The Morgan fingerprint density at radius 3 is 2.50 bits per heavy atom. The second-order valence-electron chi connectivity index (χ2n) is 4.43. The third-order valence-electron chi connectivity index (χ3n) is 2.54.